The largest absolute Gasteiger partial charge is 0.383 e. The molecule has 16 heavy (non-hydrogen) atoms. The predicted octanol–water partition coefficient (Wildman–Crippen LogP) is 0.639. The maximum absolute atomic E-state index is 13.6. The Hall–Kier alpha value is -1.69. The molecule has 0 unspecified atom stereocenters. The van der Waals surface area contributed by atoms with E-state index in [0.717, 1.165) is 0 Å². The van der Waals surface area contributed by atoms with Crippen molar-refractivity contribution < 1.29 is 13.9 Å². The minimum absolute atomic E-state index is 0.0320. The van der Waals surface area contributed by atoms with Gasteiger partial charge in [0.2, 0.25) is 0 Å². The molecule has 1 rings (SSSR count). The summed E-state index contributed by atoms with van der Waals surface area (Å²) in [6.07, 6.45) is 1.38. The van der Waals surface area contributed by atoms with E-state index < -0.39 is 11.7 Å². The molecule has 1 aromatic rings. The molecule has 0 bridgehead atoms. The second kappa shape index (κ2) is 6.02. The molecule has 88 valence electrons. The molecule has 0 saturated heterocycles. The third-order valence-corrected chi connectivity index (χ3v) is 1.96. The zero-order valence-electron chi connectivity index (χ0n) is 9.21. The van der Waals surface area contributed by atoms with Crippen molar-refractivity contribution >= 4 is 11.7 Å². The maximum Gasteiger partial charge on any atom is 0.254 e. The molecule has 1 amide bonds. The molecule has 0 fully saturated rings. The standard InChI is InChI=1S/C10H14FN3O2/c1-12-9-8(11)7(3-4-13-9)10(15)14-5-6-16-2/h3-4H,5-6H2,1-2H3,(H,12,13)(H,14,15). The van der Waals surface area contributed by atoms with Crippen molar-refractivity contribution in [3.05, 3.63) is 23.6 Å². The minimum Gasteiger partial charge on any atom is -0.383 e. The number of ether oxygens (including phenoxy) is 1. The van der Waals surface area contributed by atoms with Crippen molar-refractivity contribution in [1.82, 2.24) is 10.3 Å². The number of halogens is 1. The van der Waals surface area contributed by atoms with E-state index in [2.05, 4.69) is 15.6 Å². The number of methoxy groups -OCH3 is 1. The number of carbonyl (C=O) groups is 1. The number of pyridine rings is 1. The molecular weight excluding hydrogens is 213 g/mol. The van der Waals surface area contributed by atoms with E-state index in [9.17, 15) is 9.18 Å². The van der Waals surface area contributed by atoms with E-state index in [4.69, 9.17) is 4.74 Å². The van der Waals surface area contributed by atoms with Crippen molar-refractivity contribution in [1.29, 1.82) is 0 Å². The molecule has 0 saturated carbocycles. The lowest BCUT2D eigenvalue weighted by atomic mass is 10.2. The van der Waals surface area contributed by atoms with Gasteiger partial charge in [0.1, 0.15) is 0 Å². The number of anilines is 1. The van der Waals surface area contributed by atoms with Crippen LogP contribution in [0.5, 0.6) is 0 Å². The first-order chi connectivity index (χ1) is 7.70. The van der Waals surface area contributed by atoms with Crippen LogP contribution < -0.4 is 10.6 Å². The van der Waals surface area contributed by atoms with Gasteiger partial charge in [0.15, 0.2) is 11.6 Å². The lowest BCUT2D eigenvalue weighted by molar-refractivity contribution is 0.0933. The number of carbonyl (C=O) groups excluding carboxylic acids is 1. The van der Waals surface area contributed by atoms with Crippen LogP contribution in [-0.2, 0) is 4.74 Å². The zero-order valence-corrected chi connectivity index (χ0v) is 9.21. The quantitative estimate of drug-likeness (QED) is 0.724. The number of amides is 1. The molecule has 0 aromatic carbocycles. The first-order valence-corrected chi connectivity index (χ1v) is 4.80. The summed E-state index contributed by atoms with van der Waals surface area (Å²) in [7, 11) is 3.07. The Morgan fingerprint density at radius 2 is 2.38 bits per heavy atom. The van der Waals surface area contributed by atoms with Crippen LogP contribution in [0.2, 0.25) is 0 Å². The monoisotopic (exact) mass is 227 g/mol. The summed E-state index contributed by atoms with van der Waals surface area (Å²) < 4.78 is 18.4. The predicted molar refractivity (Wildman–Crippen MR) is 58.0 cm³/mol. The molecule has 0 aliphatic heterocycles. The highest BCUT2D eigenvalue weighted by molar-refractivity contribution is 5.95. The van der Waals surface area contributed by atoms with Crippen molar-refractivity contribution in [3.63, 3.8) is 0 Å². The average molecular weight is 227 g/mol. The Bertz CT molecular complexity index is 371. The summed E-state index contributed by atoms with van der Waals surface area (Å²) in [4.78, 5) is 15.3. The van der Waals surface area contributed by atoms with Gasteiger partial charge in [-0.2, -0.15) is 0 Å². The fourth-order valence-corrected chi connectivity index (χ4v) is 1.16. The van der Waals surface area contributed by atoms with Gasteiger partial charge in [-0.05, 0) is 6.07 Å². The number of aromatic nitrogens is 1. The normalized spacial score (nSPS) is 9.94. The summed E-state index contributed by atoms with van der Waals surface area (Å²) in [6.45, 7) is 0.726. The molecule has 0 aliphatic carbocycles. The zero-order chi connectivity index (χ0) is 12.0. The van der Waals surface area contributed by atoms with Crippen molar-refractivity contribution in [2.75, 3.05) is 32.6 Å². The second-order valence-electron chi connectivity index (χ2n) is 3.02. The molecule has 6 heteroatoms. The highest BCUT2D eigenvalue weighted by Crippen LogP contribution is 2.13. The lowest BCUT2D eigenvalue weighted by Crippen LogP contribution is -2.28. The summed E-state index contributed by atoms with van der Waals surface area (Å²) in [5.74, 6) is -1.08. The van der Waals surface area contributed by atoms with E-state index in [1.54, 1.807) is 0 Å². The number of hydrogen-bond donors (Lipinski definition) is 2. The fraction of sp³-hybridized carbons (Fsp3) is 0.400. The van der Waals surface area contributed by atoms with Crippen LogP contribution in [-0.4, -0.2) is 38.2 Å². The van der Waals surface area contributed by atoms with Crippen LogP contribution in [0.3, 0.4) is 0 Å². The summed E-state index contributed by atoms with van der Waals surface area (Å²) >= 11 is 0. The Morgan fingerprint density at radius 3 is 3.00 bits per heavy atom. The van der Waals surface area contributed by atoms with Crippen LogP contribution in [0.4, 0.5) is 10.2 Å². The van der Waals surface area contributed by atoms with Gasteiger partial charge in [0.25, 0.3) is 5.91 Å². The fourth-order valence-electron chi connectivity index (χ4n) is 1.16. The highest BCUT2D eigenvalue weighted by Gasteiger charge is 2.14. The third-order valence-electron chi connectivity index (χ3n) is 1.96. The van der Waals surface area contributed by atoms with Crippen molar-refractivity contribution in [2.45, 2.75) is 0 Å². The van der Waals surface area contributed by atoms with Gasteiger partial charge in [-0.25, -0.2) is 9.37 Å². The second-order valence-corrected chi connectivity index (χ2v) is 3.02. The molecule has 1 heterocycles. The van der Waals surface area contributed by atoms with Crippen LogP contribution in [0.15, 0.2) is 12.3 Å². The topological polar surface area (TPSA) is 63.2 Å². The van der Waals surface area contributed by atoms with E-state index in [-0.39, 0.29) is 11.4 Å². The number of hydrogen-bond acceptors (Lipinski definition) is 4. The average Bonchev–Trinajstić information content (AvgIpc) is 2.29. The van der Waals surface area contributed by atoms with Crippen LogP contribution in [0.25, 0.3) is 0 Å². The first kappa shape index (κ1) is 12.4. The van der Waals surface area contributed by atoms with Gasteiger partial charge in [-0.3, -0.25) is 4.79 Å². The van der Waals surface area contributed by atoms with E-state index in [1.165, 1.54) is 26.4 Å². The molecular formula is C10H14FN3O2. The summed E-state index contributed by atoms with van der Waals surface area (Å²) in [5.41, 5.74) is -0.0320. The van der Waals surface area contributed by atoms with Gasteiger partial charge in [-0.15, -0.1) is 0 Å². The van der Waals surface area contributed by atoms with Crippen molar-refractivity contribution in [2.24, 2.45) is 0 Å². The number of rotatable bonds is 5. The molecule has 2 N–H and O–H groups in total. The van der Waals surface area contributed by atoms with E-state index in [1.807, 2.05) is 0 Å². The Balaban J connectivity index is 2.75. The smallest absolute Gasteiger partial charge is 0.254 e. The molecule has 1 aromatic heterocycles. The van der Waals surface area contributed by atoms with Gasteiger partial charge < -0.3 is 15.4 Å². The van der Waals surface area contributed by atoms with E-state index >= 15 is 0 Å². The lowest BCUT2D eigenvalue weighted by Gasteiger charge is -2.07. The molecule has 0 spiro atoms. The van der Waals surface area contributed by atoms with Gasteiger partial charge in [-0.1, -0.05) is 0 Å². The van der Waals surface area contributed by atoms with Crippen LogP contribution in [0, 0.1) is 5.82 Å². The SMILES string of the molecule is CNc1nccc(C(=O)NCCOC)c1F. The maximum atomic E-state index is 13.6. The number of nitrogens with one attached hydrogen (secondary N) is 2. The van der Waals surface area contributed by atoms with Gasteiger partial charge in [0.05, 0.1) is 12.2 Å². The Morgan fingerprint density at radius 1 is 1.62 bits per heavy atom. The summed E-state index contributed by atoms with van der Waals surface area (Å²) in [6, 6.07) is 1.33. The van der Waals surface area contributed by atoms with Crippen LogP contribution >= 0.6 is 0 Å². The molecule has 0 radical (unpaired) electrons. The Kier molecular flexibility index (Phi) is 4.65. The first-order valence-electron chi connectivity index (χ1n) is 4.80. The Labute approximate surface area is 93.0 Å². The molecule has 0 atom stereocenters. The number of nitrogens with zero attached hydrogens (tertiary/aromatic N) is 1. The minimum atomic E-state index is -0.653. The van der Waals surface area contributed by atoms with Crippen molar-refractivity contribution in [3.8, 4) is 0 Å². The molecule has 0 aliphatic rings. The summed E-state index contributed by atoms with van der Waals surface area (Å²) in [5, 5.41) is 5.10. The third kappa shape index (κ3) is 2.90. The molecule has 5 nitrogen and oxygen atoms in total. The van der Waals surface area contributed by atoms with E-state index in [0.29, 0.717) is 13.2 Å². The van der Waals surface area contributed by atoms with Gasteiger partial charge in [0, 0.05) is 26.9 Å². The van der Waals surface area contributed by atoms with Crippen LogP contribution in [0.1, 0.15) is 10.4 Å². The van der Waals surface area contributed by atoms with Gasteiger partial charge >= 0.3 is 0 Å². The highest BCUT2D eigenvalue weighted by atomic mass is 19.1.